The van der Waals surface area contributed by atoms with E-state index >= 15 is 0 Å². The first-order valence-corrected chi connectivity index (χ1v) is 9.30. The summed E-state index contributed by atoms with van der Waals surface area (Å²) in [5.41, 5.74) is 9.11. The van der Waals surface area contributed by atoms with Crippen molar-refractivity contribution in [2.45, 2.75) is 31.7 Å². The first kappa shape index (κ1) is 15.0. The number of H-pyrrole nitrogens is 1. The standard InChI is InChI=1S/C19H24N6/c20-17-11-14-15(12-22-17)23-19-18(14)16(3-6-21-19)25-9-4-13(5-10-25)24-7-1-2-8-24/h3,6,11-13H,1-2,4-5,7-10H2,(H2,20,22)(H,21,23). The number of nitrogen functional groups attached to an aromatic ring is 1. The highest BCUT2D eigenvalue weighted by molar-refractivity contribution is 6.12. The molecule has 0 aliphatic carbocycles. The summed E-state index contributed by atoms with van der Waals surface area (Å²) in [4.78, 5) is 17.3. The number of rotatable bonds is 2. The second kappa shape index (κ2) is 5.88. The van der Waals surface area contributed by atoms with E-state index in [1.54, 1.807) is 6.20 Å². The third-order valence-electron chi connectivity index (χ3n) is 5.84. The van der Waals surface area contributed by atoms with Crippen LogP contribution in [0, 0.1) is 0 Å². The quantitative estimate of drug-likeness (QED) is 0.753. The number of fused-ring (bicyclic) bond motifs is 3. The highest BCUT2D eigenvalue weighted by atomic mass is 15.2. The Hall–Kier alpha value is -2.34. The Bertz CT molecular complexity index is 903. The fourth-order valence-electron chi connectivity index (χ4n) is 4.56. The molecule has 2 aliphatic rings. The number of aromatic amines is 1. The van der Waals surface area contributed by atoms with Crippen LogP contribution in [0.1, 0.15) is 25.7 Å². The number of anilines is 2. The molecular weight excluding hydrogens is 312 g/mol. The molecule has 0 unspecified atom stereocenters. The average Bonchev–Trinajstić information content (AvgIpc) is 3.29. The van der Waals surface area contributed by atoms with Crippen LogP contribution in [0.3, 0.4) is 0 Å². The molecule has 0 spiro atoms. The van der Waals surface area contributed by atoms with Crippen LogP contribution in [0.4, 0.5) is 11.5 Å². The van der Waals surface area contributed by atoms with Gasteiger partial charge in [0.2, 0.25) is 0 Å². The highest BCUT2D eigenvalue weighted by Gasteiger charge is 2.27. The van der Waals surface area contributed by atoms with Crippen LogP contribution in [-0.2, 0) is 0 Å². The molecule has 5 rings (SSSR count). The largest absolute Gasteiger partial charge is 0.384 e. The number of hydrogen-bond donors (Lipinski definition) is 2. The number of pyridine rings is 2. The molecule has 6 nitrogen and oxygen atoms in total. The van der Waals surface area contributed by atoms with Gasteiger partial charge in [-0.25, -0.2) is 9.97 Å². The third kappa shape index (κ3) is 2.52. The molecule has 25 heavy (non-hydrogen) atoms. The second-order valence-electron chi connectivity index (χ2n) is 7.29. The van der Waals surface area contributed by atoms with Gasteiger partial charge in [0.15, 0.2) is 0 Å². The van der Waals surface area contributed by atoms with Crippen molar-refractivity contribution in [1.82, 2.24) is 19.9 Å². The lowest BCUT2D eigenvalue weighted by atomic mass is 10.0. The van der Waals surface area contributed by atoms with Crippen molar-refractivity contribution >= 4 is 33.4 Å². The summed E-state index contributed by atoms with van der Waals surface area (Å²) < 4.78 is 0. The lowest BCUT2D eigenvalue weighted by Gasteiger charge is -2.38. The van der Waals surface area contributed by atoms with Crippen LogP contribution < -0.4 is 10.6 Å². The van der Waals surface area contributed by atoms with Crippen molar-refractivity contribution in [3.8, 4) is 0 Å². The zero-order chi connectivity index (χ0) is 16.8. The van der Waals surface area contributed by atoms with E-state index in [9.17, 15) is 0 Å². The summed E-state index contributed by atoms with van der Waals surface area (Å²) in [6.45, 7) is 4.79. The van der Waals surface area contributed by atoms with Crippen molar-refractivity contribution in [1.29, 1.82) is 0 Å². The number of nitrogens with two attached hydrogens (primary N) is 1. The predicted molar refractivity (Wildman–Crippen MR) is 102 cm³/mol. The first-order valence-electron chi connectivity index (χ1n) is 9.30. The first-order chi connectivity index (χ1) is 12.3. The van der Waals surface area contributed by atoms with E-state index in [0.29, 0.717) is 5.82 Å². The maximum Gasteiger partial charge on any atom is 0.140 e. The molecule has 0 amide bonds. The molecule has 0 atom stereocenters. The number of hydrogen-bond acceptors (Lipinski definition) is 5. The Morgan fingerprint density at radius 2 is 1.88 bits per heavy atom. The average molecular weight is 336 g/mol. The molecule has 3 aromatic rings. The summed E-state index contributed by atoms with van der Waals surface area (Å²) in [6, 6.07) is 4.86. The minimum absolute atomic E-state index is 0.552. The van der Waals surface area contributed by atoms with E-state index in [2.05, 4.69) is 30.8 Å². The van der Waals surface area contributed by atoms with Gasteiger partial charge in [0.1, 0.15) is 11.5 Å². The Labute approximate surface area is 147 Å². The van der Waals surface area contributed by atoms with Gasteiger partial charge in [0.05, 0.1) is 17.1 Å². The number of piperidine rings is 1. The Balaban J connectivity index is 1.48. The number of aromatic nitrogens is 3. The Kier molecular flexibility index (Phi) is 3.52. The van der Waals surface area contributed by atoms with Gasteiger partial charge >= 0.3 is 0 Å². The van der Waals surface area contributed by atoms with Crippen LogP contribution in [0.15, 0.2) is 24.5 Å². The van der Waals surface area contributed by atoms with Gasteiger partial charge in [0, 0.05) is 36.4 Å². The number of nitrogens with zero attached hydrogens (tertiary/aromatic N) is 4. The number of likely N-dealkylation sites (tertiary alicyclic amines) is 1. The molecule has 2 fully saturated rings. The van der Waals surface area contributed by atoms with E-state index in [1.807, 2.05) is 12.3 Å². The molecule has 0 saturated carbocycles. The van der Waals surface area contributed by atoms with Crippen molar-refractivity contribution in [2.24, 2.45) is 0 Å². The summed E-state index contributed by atoms with van der Waals surface area (Å²) in [5.74, 6) is 0.552. The molecule has 0 bridgehead atoms. The van der Waals surface area contributed by atoms with Gasteiger partial charge in [-0.3, -0.25) is 0 Å². The zero-order valence-corrected chi connectivity index (χ0v) is 14.4. The predicted octanol–water partition coefficient (Wildman–Crippen LogP) is 2.76. The minimum atomic E-state index is 0.552. The van der Waals surface area contributed by atoms with Crippen molar-refractivity contribution in [2.75, 3.05) is 36.8 Å². The Morgan fingerprint density at radius 1 is 1.08 bits per heavy atom. The van der Waals surface area contributed by atoms with E-state index in [1.165, 1.54) is 49.8 Å². The van der Waals surface area contributed by atoms with Gasteiger partial charge in [-0.1, -0.05) is 0 Å². The summed E-state index contributed by atoms with van der Waals surface area (Å²) in [7, 11) is 0. The summed E-state index contributed by atoms with van der Waals surface area (Å²) >= 11 is 0. The number of nitrogens with one attached hydrogen (secondary N) is 1. The van der Waals surface area contributed by atoms with Crippen molar-refractivity contribution in [3.05, 3.63) is 24.5 Å². The maximum absolute atomic E-state index is 5.93. The van der Waals surface area contributed by atoms with Crippen LogP contribution in [0.5, 0.6) is 0 Å². The van der Waals surface area contributed by atoms with Crippen LogP contribution in [0.25, 0.3) is 21.9 Å². The van der Waals surface area contributed by atoms with Gasteiger partial charge in [-0.05, 0) is 50.9 Å². The fourth-order valence-corrected chi connectivity index (χ4v) is 4.56. The lowest BCUT2D eigenvalue weighted by molar-refractivity contribution is 0.208. The maximum atomic E-state index is 5.93. The third-order valence-corrected chi connectivity index (χ3v) is 5.84. The van der Waals surface area contributed by atoms with Gasteiger partial charge in [-0.2, -0.15) is 0 Å². The molecule has 0 radical (unpaired) electrons. The van der Waals surface area contributed by atoms with Gasteiger partial charge in [0.25, 0.3) is 0 Å². The van der Waals surface area contributed by atoms with Crippen molar-refractivity contribution in [3.63, 3.8) is 0 Å². The van der Waals surface area contributed by atoms with Gasteiger partial charge in [-0.15, -0.1) is 0 Å². The van der Waals surface area contributed by atoms with Crippen LogP contribution in [0.2, 0.25) is 0 Å². The normalized spacial score (nSPS) is 20.1. The SMILES string of the molecule is Nc1cc2c(cn1)[nH]c1nccc(N3CCC(N4CCCC4)CC3)c12. The molecule has 2 aliphatic heterocycles. The van der Waals surface area contributed by atoms with Gasteiger partial charge < -0.3 is 20.5 Å². The van der Waals surface area contributed by atoms with Crippen LogP contribution in [-0.4, -0.2) is 52.1 Å². The molecule has 130 valence electrons. The molecule has 3 aromatic heterocycles. The smallest absolute Gasteiger partial charge is 0.140 e. The highest BCUT2D eigenvalue weighted by Crippen LogP contribution is 2.34. The summed E-state index contributed by atoms with van der Waals surface area (Å²) in [6.07, 6.45) is 8.93. The summed E-state index contributed by atoms with van der Waals surface area (Å²) in [5, 5.41) is 2.29. The molecule has 5 heterocycles. The molecular formula is C19H24N6. The zero-order valence-electron chi connectivity index (χ0n) is 14.4. The molecule has 3 N–H and O–H groups in total. The molecule has 0 aromatic carbocycles. The molecule has 6 heteroatoms. The van der Waals surface area contributed by atoms with E-state index in [0.717, 1.165) is 35.7 Å². The topological polar surface area (TPSA) is 74.1 Å². The lowest BCUT2D eigenvalue weighted by Crippen LogP contribution is -2.43. The second-order valence-corrected chi connectivity index (χ2v) is 7.29. The Morgan fingerprint density at radius 3 is 2.68 bits per heavy atom. The minimum Gasteiger partial charge on any atom is -0.384 e. The van der Waals surface area contributed by atoms with E-state index in [-0.39, 0.29) is 0 Å². The van der Waals surface area contributed by atoms with Crippen molar-refractivity contribution < 1.29 is 0 Å². The van der Waals surface area contributed by atoms with E-state index < -0.39 is 0 Å². The fraction of sp³-hybridized carbons (Fsp3) is 0.474. The van der Waals surface area contributed by atoms with Crippen LogP contribution >= 0.6 is 0 Å². The van der Waals surface area contributed by atoms with E-state index in [4.69, 9.17) is 5.73 Å². The monoisotopic (exact) mass is 336 g/mol. The molecule has 2 saturated heterocycles.